The number of pyridine rings is 1. The second kappa shape index (κ2) is 6.84. The highest BCUT2D eigenvalue weighted by atomic mass is 19.1. The van der Waals surface area contributed by atoms with Crippen molar-refractivity contribution >= 4 is 17.4 Å². The fraction of sp³-hybridized carbons (Fsp3) is 0.350. The number of anilines is 2. The van der Waals surface area contributed by atoms with Gasteiger partial charge in [-0.1, -0.05) is 6.92 Å². The summed E-state index contributed by atoms with van der Waals surface area (Å²) in [5.41, 5.74) is 0.377. The van der Waals surface area contributed by atoms with Crippen LogP contribution in [0.25, 0.3) is 17.5 Å². The number of hydrogen-bond donors (Lipinski definition) is 0. The Kier molecular flexibility index (Phi) is 4.24. The third-order valence-electron chi connectivity index (χ3n) is 5.77. The van der Waals surface area contributed by atoms with E-state index in [-0.39, 0.29) is 5.91 Å². The average molecular weight is 409 g/mol. The van der Waals surface area contributed by atoms with Crippen molar-refractivity contribution in [2.24, 2.45) is 0 Å². The molecular weight excluding hydrogens is 389 g/mol. The number of ether oxygens (including phenoxy) is 1. The Balaban J connectivity index is 1.63. The number of rotatable bonds is 3. The van der Waals surface area contributed by atoms with E-state index in [9.17, 15) is 9.18 Å². The molecule has 9 nitrogen and oxygen atoms in total. The molecule has 0 saturated carbocycles. The van der Waals surface area contributed by atoms with E-state index < -0.39 is 11.4 Å². The summed E-state index contributed by atoms with van der Waals surface area (Å²) in [5.74, 6) is 1.13. The largest absolute Gasteiger partial charge is 0.377 e. The monoisotopic (exact) mass is 409 g/mol. The lowest BCUT2D eigenvalue weighted by Gasteiger charge is -2.51. The molecule has 10 heteroatoms. The summed E-state index contributed by atoms with van der Waals surface area (Å²) in [6.07, 6.45) is 6.74. The number of morpholine rings is 1. The lowest BCUT2D eigenvalue weighted by Crippen LogP contribution is -2.68. The zero-order valence-corrected chi connectivity index (χ0v) is 16.6. The molecule has 1 amide bonds. The summed E-state index contributed by atoms with van der Waals surface area (Å²) in [5, 5.41) is 0. The second-order valence-corrected chi connectivity index (χ2v) is 7.31. The van der Waals surface area contributed by atoms with Gasteiger partial charge in [-0.2, -0.15) is 4.98 Å². The van der Waals surface area contributed by atoms with Crippen LogP contribution in [0.1, 0.15) is 13.3 Å². The first-order valence-electron chi connectivity index (χ1n) is 9.71. The van der Waals surface area contributed by atoms with Crippen molar-refractivity contribution < 1.29 is 13.9 Å². The minimum absolute atomic E-state index is 0.0209. The number of hydrogen-bond acceptors (Lipinski definition) is 7. The molecule has 2 aliphatic heterocycles. The molecule has 1 saturated heterocycles. The molecule has 5 rings (SSSR count). The molecule has 3 aromatic rings. The molecule has 0 unspecified atom stereocenters. The molecule has 1 fully saturated rings. The first kappa shape index (κ1) is 18.6. The van der Waals surface area contributed by atoms with E-state index in [0.29, 0.717) is 55.2 Å². The van der Waals surface area contributed by atoms with Crippen LogP contribution < -0.4 is 9.80 Å². The molecule has 2 aliphatic rings. The maximum Gasteiger partial charge on any atom is 0.255 e. The van der Waals surface area contributed by atoms with Gasteiger partial charge in [0, 0.05) is 26.0 Å². The van der Waals surface area contributed by atoms with Gasteiger partial charge < -0.3 is 14.5 Å². The van der Waals surface area contributed by atoms with Crippen LogP contribution in [0.4, 0.5) is 15.9 Å². The summed E-state index contributed by atoms with van der Waals surface area (Å²) in [4.78, 5) is 34.5. The molecule has 0 spiro atoms. The number of carbonyl (C=O) groups excluding carboxylic acids is 1. The molecule has 1 atom stereocenters. The molecular formula is C20H20FN7O2. The number of amides is 1. The van der Waals surface area contributed by atoms with Crippen molar-refractivity contribution in [1.29, 1.82) is 0 Å². The van der Waals surface area contributed by atoms with E-state index in [1.165, 1.54) is 6.07 Å². The number of imidazole rings is 1. The van der Waals surface area contributed by atoms with Gasteiger partial charge >= 0.3 is 0 Å². The van der Waals surface area contributed by atoms with Gasteiger partial charge in [0.05, 0.1) is 25.6 Å². The first-order valence-corrected chi connectivity index (χ1v) is 9.71. The van der Waals surface area contributed by atoms with E-state index in [2.05, 4.69) is 15.0 Å². The number of fused-ring (bicyclic) bond motifs is 3. The molecule has 0 bridgehead atoms. The SMILES string of the molecule is CC[C@]12COCCN1c1nc(-n3ccnc3-c3ccc(F)cn3)ncc1N(C)C2=O. The van der Waals surface area contributed by atoms with Crippen LogP contribution in [-0.2, 0) is 9.53 Å². The van der Waals surface area contributed by atoms with Gasteiger partial charge in [0.15, 0.2) is 11.6 Å². The maximum absolute atomic E-state index is 13.3. The van der Waals surface area contributed by atoms with Crippen LogP contribution >= 0.6 is 0 Å². The smallest absolute Gasteiger partial charge is 0.255 e. The predicted molar refractivity (Wildman–Crippen MR) is 107 cm³/mol. The number of nitrogens with zero attached hydrogens (tertiary/aromatic N) is 7. The van der Waals surface area contributed by atoms with E-state index in [1.54, 1.807) is 41.2 Å². The molecule has 3 aromatic heterocycles. The minimum atomic E-state index is -0.776. The zero-order valence-electron chi connectivity index (χ0n) is 16.6. The minimum Gasteiger partial charge on any atom is -0.377 e. The highest BCUT2D eigenvalue weighted by Gasteiger charge is 2.52. The highest BCUT2D eigenvalue weighted by Crippen LogP contribution is 2.41. The standard InChI is InChI=1S/C20H20FN7O2/c1-3-20-12-30-9-8-28(20)17-15(26(2)18(20)29)11-24-19(25-17)27-7-6-22-16(27)14-5-4-13(21)10-23-14/h4-7,10-11H,3,8-9,12H2,1-2H3/t20-/m1/s1. The Morgan fingerprint density at radius 2 is 2.10 bits per heavy atom. The summed E-state index contributed by atoms with van der Waals surface area (Å²) in [6.45, 7) is 3.39. The Morgan fingerprint density at radius 1 is 1.23 bits per heavy atom. The number of likely N-dealkylation sites (N-methyl/N-ethyl adjacent to an activating group) is 1. The topological polar surface area (TPSA) is 89.3 Å². The number of carbonyl (C=O) groups is 1. The molecule has 0 radical (unpaired) electrons. The summed E-state index contributed by atoms with van der Waals surface area (Å²) in [7, 11) is 1.73. The fourth-order valence-corrected chi connectivity index (χ4v) is 4.11. The molecule has 0 N–H and O–H groups in total. The van der Waals surface area contributed by atoms with E-state index in [0.717, 1.165) is 6.20 Å². The number of halogens is 1. The molecule has 30 heavy (non-hydrogen) atoms. The van der Waals surface area contributed by atoms with E-state index in [1.807, 2.05) is 11.8 Å². The summed E-state index contributed by atoms with van der Waals surface area (Å²) >= 11 is 0. The van der Waals surface area contributed by atoms with Crippen molar-refractivity contribution in [3.63, 3.8) is 0 Å². The molecule has 0 aliphatic carbocycles. The summed E-state index contributed by atoms with van der Waals surface area (Å²) in [6, 6.07) is 2.89. The first-order chi connectivity index (χ1) is 14.5. The lowest BCUT2D eigenvalue weighted by molar-refractivity contribution is -0.128. The van der Waals surface area contributed by atoms with Crippen LogP contribution in [-0.4, -0.2) is 62.8 Å². The molecule has 5 heterocycles. The average Bonchev–Trinajstić information content (AvgIpc) is 3.27. The van der Waals surface area contributed by atoms with Crippen molar-refractivity contribution in [3.05, 3.63) is 42.7 Å². The van der Waals surface area contributed by atoms with Gasteiger partial charge in [0.25, 0.3) is 5.91 Å². The Morgan fingerprint density at radius 3 is 2.87 bits per heavy atom. The fourth-order valence-electron chi connectivity index (χ4n) is 4.11. The maximum atomic E-state index is 13.3. The number of aromatic nitrogens is 5. The summed E-state index contributed by atoms with van der Waals surface area (Å²) < 4.78 is 20.6. The van der Waals surface area contributed by atoms with Gasteiger partial charge in [-0.3, -0.25) is 9.36 Å². The normalized spacial score (nSPS) is 20.8. The van der Waals surface area contributed by atoms with Gasteiger partial charge in [-0.25, -0.2) is 19.3 Å². The highest BCUT2D eigenvalue weighted by molar-refractivity contribution is 6.07. The van der Waals surface area contributed by atoms with Crippen LogP contribution in [0, 0.1) is 5.82 Å². The van der Waals surface area contributed by atoms with Crippen molar-refractivity contribution in [3.8, 4) is 17.5 Å². The predicted octanol–water partition coefficient (Wildman–Crippen LogP) is 1.83. The lowest BCUT2D eigenvalue weighted by atomic mass is 9.89. The van der Waals surface area contributed by atoms with Crippen molar-refractivity contribution in [2.75, 3.05) is 36.6 Å². The van der Waals surface area contributed by atoms with Crippen LogP contribution in [0.5, 0.6) is 0 Å². The van der Waals surface area contributed by atoms with Crippen molar-refractivity contribution in [1.82, 2.24) is 24.5 Å². The second-order valence-electron chi connectivity index (χ2n) is 7.31. The Labute approximate surface area is 172 Å². The van der Waals surface area contributed by atoms with Crippen LogP contribution in [0.2, 0.25) is 0 Å². The van der Waals surface area contributed by atoms with Crippen LogP contribution in [0.3, 0.4) is 0 Å². The van der Waals surface area contributed by atoms with Gasteiger partial charge in [-0.05, 0) is 18.6 Å². The zero-order chi connectivity index (χ0) is 20.9. The van der Waals surface area contributed by atoms with Gasteiger partial charge in [0.2, 0.25) is 5.95 Å². The molecule has 0 aromatic carbocycles. The van der Waals surface area contributed by atoms with Crippen LogP contribution in [0.15, 0.2) is 36.9 Å². The van der Waals surface area contributed by atoms with Crippen molar-refractivity contribution in [2.45, 2.75) is 18.9 Å². The van der Waals surface area contributed by atoms with Gasteiger partial charge in [-0.15, -0.1) is 0 Å². The Hall–Kier alpha value is -3.40. The third-order valence-corrected chi connectivity index (χ3v) is 5.77. The molecule has 154 valence electrons. The van der Waals surface area contributed by atoms with Gasteiger partial charge in [0.1, 0.15) is 22.7 Å². The Bertz CT molecular complexity index is 1120. The quantitative estimate of drug-likeness (QED) is 0.652. The van der Waals surface area contributed by atoms with E-state index >= 15 is 0 Å². The van der Waals surface area contributed by atoms with E-state index in [4.69, 9.17) is 9.72 Å². The third kappa shape index (κ3) is 2.60.